The van der Waals surface area contributed by atoms with Crippen molar-refractivity contribution >= 4 is 17.5 Å². The minimum Gasteiger partial charge on any atom is -0.467 e. The summed E-state index contributed by atoms with van der Waals surface area (Å²) in [6.45, 7) is -1.71. The Bertz CT molecular complexity index is 614. The van der Waals surface area contributed by atoms with E-state index in [1.807, 2.05) is 0 Å². The van der Waals surface area contributed by atoms with E-state index in [4.69, 9.17) is 16.0 Å². The van der Waals surface area contributed by atoms with Gasteiger partial charge in [0.15, 0.2) is 0 Å². The highest BCUT2D eigenvalue weighted by atomic mass is 35.5. The van der Waals surface area contributed by atoms with Gasteiger partial charge < -0.3 is 9.32 Å². The Morgan fingerprint density at radius 2 is 2.14 bits per heavy atom. The maximum absolute atomic E-state index is 12.6. The van der Waals surface area contributed by atoms with Crippen molar-refractivity contribution in [2.45, 2.75) is 12.7 Å². The van der Waals surface area contributed by atoms with Crippen molar-refractivity contribution in [3.8, 4) is 0 Å². The van der Waals surface area contributed by atoms with Crippen molar-refractivity contribution in [1.29, 1.82) is 0 Å². The van der Waals surface area contributed by atoms with E-state index in [0.717, 1.165) is 6.20 Å². The van der Waals surface area contributed by atoms with Crippen LogP contribution in [0.3, 0.4) is 0 Å². The number of amides is 1. The molecule has 0 atom stereocenters. The van der Waals surface area contributed by atoms with E-state index < -0.39 is 18.6 Å². The Balaban J connectivity index is 2.26. The summed E-state index contributed by atoms with van der Waals surface area (Å²) in [6.07, 6.45) is -0.727. The summed E-state index contributed by atoms with van der Waals surface area (Å²) in [6, 6.07) is 4.36. The molecule has 1 amide bonds. The molecule has 0 unspecified atom stereocenters. The summed E-state index contributed by atoms with van der Waals surface area (Å²) in [5, 5.41) is 0.0432. The van der Waals surface area contributed by atoms with Crippen molar-refractivity contribution < 1.29 is 22.4 Å². The number of carbonyl (C=O) groups excluding carboxylic acids is 1. The van der Waals surface area contributed by atoms with Gasteiger partial charge in [0.1, 0.15) is 12.3 Å². The van der Waals surface area contributed by atoms with Crippen LogP contribution in [0.25, 0.3) is 0 Å². The molecule has 0 bridgehead atoms. The van der Waals surface area contributed by atoms with E-state index in [9.17, 15) is 18.0 Å². The highest BCUT2D eigenvalue weighted by Gasteiger charge is 2.34. The molecule has 0 N–H and O–H groups in total. The lowest BCUT2D eigenvalue weighted by molar-refractivity contribution is -0.142. The maximum Gasteiger partial charge on any atom is 0.406 e. The average molecular weight is 319 g/mol. The first-order valence-corrected chi connectivity index (χ1v) is 6.22. The van der Waals surface area contributed by atoms with Gasteiger partial charge in [-0.05, 0) is 18.2 Å². The molecule has 0 saturated carbocycles. The molecule has 0 spiro atoms. The molecule has 21 heavy (non-hydrogen) atoms. The predicted molar refractivity (Wildman–Crippen MR) is 68.8 cm³/mol. The topological polar surface area (TPSA) is 46.3 Å². The molecule has 8 heteroatoms. The van der Waals surface area contributed by atoms with Crippen LogP contribution in [0, 0.1) is 0 Å². The molecule has 0 fully saturated rings. The van der Waals surface area contributed by atoms with Crippen LogP contribution < -0.4 is 0 Å². The minimum atomic E-state index is -4.53. The number of alkyl halides is 3. The fourth-order valence-corrected chi connectivity index (χ4v) is 1.90. The van der Waals surface area contributed by atoms with E-state index in [2.05, 4.69) is 4.98 Å². The summed E-state index contributed by atoms with van der Waals surface area (Å²) < 4.78 is 42.9. The van der Waals surface area contributed by atoms with Crippen LogP contribution in [0.4, 0.5) is 13.2 Å². The lowest BCUT2D eigenvalue weighted by Crippen LogP contribution is -2.38. The number of nitrogens with zero attached hydrogens (tertiary/aromatic N) is 2. The van der Waals surface area contributed by atoms with Crippen LogP contribution in [0.5, 0.6) is 0 Å². The lowest BCUT2D eigenvalue weighted by atomic mass is 10.2. The Morgan fingerprint density at radius 1 is 1.38 bits per heavy atom. The molecular weight excluding hydrogens is 309 g/mol. The van der Waals surface area contributed by atoms with Crippen LogP contribution in [-0.2, 0) is 6.54 Å². The number of halogens is 4. The highest BCUT2D eigenvalue weighted by Crippen LogP contribution is 2.22. The second kappa shape index (κ2) is 6.17. The SMILES string of the molecule is O=C(c1cnccc1Cl)N(Cc1ccco1)CC(F)(F)F. The zero-order valence-electron chi connectivity index (χ0n) is 10.6. The molecule has 0 aliphatic rings. The first-order valence-electron chi connectivity index (χ1n) is 5.85. The Kier molecular flexibility index (Phi) is 4.52. The van der Waals surface area contributed by atoms with Crippen molar-refractivity contribution in [3.05, 3.63) is 53.2 Å². The van der Waals surface area contributed by atoms with Gasteiger partial charge in [0.2, 0.25) is 0 Å². The van der Waals surface area contributed by atoms with Gasteiger partial charge in [-0.25, -0.2) is 0 Å². The summed E-state index contributed by atoms with van der Waals surface area (Å²) in [7, 11) is 0. The van der Waals surface area contributed by atoms with Crippen LogP contribution in [0.2, 0.25) is 5.02 Å². The molecule has 2 aromatic heterocycles. The van der Waals surface area contributed by atoms with Gasteiger partial charge in [-0.3, -0.25) is 9.78 Å². The molecule has 2 rings (SSSR count). The zero-order chi connectivity index (χ0) is 15.5. The van der Waals surface area contributed by atoms with Crippen molar-refractivity contribution in [3.63, 3.8) is 0 Å². The van der Waals surface area contributed by atoms with E-state index in [0.29, 0.717) is 4.90 Å². The zero-order valence-corrected chi connectivity index (χ0v) is 11.4. The monoisotopic (exact) mass is 318 g/mol. The summed E-state index contributed by atoms with van der Waals surface area (Å²) in [5.74, 6) is -0.616. The molecule has 2 aromatic rings. The largest absolute Gasteiger partial charge is 0.467 e. The van der Waals surface area contributed by atoms with Crippen molar-refractivity contribution in [2.75, 3.05) is 6.54 Å². The highest BCUT2D eigenvalue weighted by molar-refractivity contribution is 6.33. The minimum absolute atomic E-state index is 0.0432. The molecule has 0 radical (unpaired) electrons. The van der Waals surface area contributed by atoms with Gasteiger partial charge >= 0.3 is 6.18 Å². The Hall–Kier alpha value is -2.02. The maximum atomic E-state index is 12.6. The van der Waals surface area contributed by atoms with E-state index >= 15 is 0 Å². The van der Waals surface area contributed by atoms with Crippen LogP contribution in [-0.4, -0.2) is 28.5 Å². The second-order valence-electron chi connectivity index (χ2n) is 4.21. The quantitative estimate of drug-likeness (QED) is 0.866. The van der Waals surface area contributed by atoms with E-state index in [1.54, 1.807) is 0 Å². The number of hydrogen-bond donors (Lipinski definition) is 0. The van der Waals surface area contributed by atoms with Gasteiger partial charge in [-0.15, -0.1) is 0 Å². The molecular formula is C13H10ClF3N2O2. The Morgan fingerprint density at radius 3 is 2.71 bits per heavy atom. The normalized spacial score (nSPS) is 11.4. The molecule has 0 aliphatic carbocycles. The standard InChI is InChI=1S/C13H10ClF3N2O2/c14-11-3-4-18-6-10(11)12(20)19(8-13(15,16)17)7-9-2-1-5-21-9/h1-6H,7-8H2. The third kappa shape index (κ3) is 4.22. The van der Waals surface area contributed by atoms with Crippen LogP contribution in [0.1, 0.15) is 16.1 Å². The molecule has 4 nitrogen and oxygen atoms in total. The second-order valence-corrected chi connectivity index (χ2v) is 4.62. The molecule has 0 saturated heterocycles. The number of furan rings is 1. The van der Waals surface area contributed by atoms with Gasteiger partial charge in [0.05, 0.1) is 23.4 Å². The summed E-state index contributed by atoms with van der Waals surface area (Å²) >= 11 is 5.82. The first-order chi connectivity index (χ1) is 9.87. The summed E-state index contributed by atoms with van der Waals surface area (Å²) in [4.78, 5) is 16.5. The fraction of sp³-hybridized carbons (Fsp3) is 0.231. The van der Waals surface area contributed by atoms with Gasteiger partial charge in [-0.1, -0.05) is 11.6 Å². The van der Waals surface area contributed by atoms with Gasteiger partial charge in [0.25, 0.3) is 5.91 Å². The number of pyridine rings is 1. The smallest absolute Gasteiger partial charge is 0.406 e. The van der Waals surface area contributed by atoms with Crippen molar-refractivity contribution in [2.24, 2.45) is 0 Å². The number of hydrogen-bond acceptors (Lipinski definition) is 3. The van der Waals surface area contributed by atoms with Gasteiger partial charge in [-0.2, -0.15) is 13.2 Å². The van der Waals surface area contributed by atoms with Crippen LogP contribution in [0.15, 0.2) is 41.3 Å². The van der Waals surface area contributed by atoms with Crippen LogP contribution >= 0.6 is 11.6 Å². The predicted octanol–water partition coefficient (Wildman–Crippen LogP) is 3.53. The lowest BCUT2D eigenvalue weighted by Gasteiger charge is -2.23. The molecule has 112 valence electrons. The number of carbonyl (C=O) groups is 1. The summed E-state index contributed by atoms with van der Waals surface area (Å²) in [5.41, 5.74) is -0.0880. The molecule has 0 aliphatic heterocycles. The van der Waals surface area contributed by atoms with Crippen molar-refractivity contribution in [1.82, 2.24) is 9.88 Å². The Labute approximate surface area is 123 Å². The third-order valence-electron chi connectivity index (χ3n) is 2.58. The average Bonchev–Trinajstić information content (AvgIpc) is 2.89. The van der Waals surface area contributed by atoms with E-state index in [-0.39, 0.29) is 22.9 Å². The number of rotatable bonds is 4. The third-order valence-corrected chi connectivity index (χ3v) is 2.91. The first kappa shape index (κ1) is 15.4. The van der Waals surface area contributed by atoms with Gasteiger partial charge in [0, 0.05) is 12.4 Å². The fourth-order valence-electron chi connectivity index (χ4n) is 1.71. The van der Waals surface area contributed by atoms with E-state index in [1.165, 1.54) is 30.7 Å². The molecule has 0 aromatic carbocycles. The molecule has 2 heterocycles. The number of aromatic nitrogens is 1.